The van der Waals surface area contributed by atoms with Crippen molar-refractivity contribution in [3.63, 3.8) is 0 Å². The number of hydrogen-bond donors (Lipinski definition) is 2. The van der Waals surface area contributed by atoms with Gasteiger partial charge in [0.15, 0.2) is 6.19 Å². The summed E-state index contributed by atoms with van der Waals surface area (Å²) in [5.74, 6) is 0. The van der Waals surface area contributed by atoms with Crippen LogP contribution in [0.5, 0.6) is 0 Å². The van der Waals surface area contributed by atoms with E-state index in [4.69, 9.17) is 10.00 Å². The molecule has 5 nitrogen and oxygen atoms in total. The highest BCUT2D eigenvalue weighted by Crippen LogP contribution is 2.05. The molecular formula is C9H17N3O2. The molecule has 0 bridgehead atoms. The van der Waals surface area contributed by atoms with Crippen LogP contribution in [0.4, 0.5) is 4.79 Å². The molecule has 0 rings (SSSR count). The van der Waals surface area contributed by atoms with E-state index in [1.54, 1.807) is 6.19 Å². The molecule has 0 spiro atoms. The molecule has 0 saturated heterocycles. The molecule has 0 fully saturated rings. The number of carbonyl (C=O) groups is 1. The first-order valence-corrected chi connectivity index (χ1v) is 4.54. The van der Waals surface area contributed by atoms with Gasteiger partial charge < -0.3 is 15.4 Å². The Morgan fingerprint density at radius 3 is 2.57 bits per heavy atom. The third-order valence-electron chi connectivity index (χ3n) is 1.23. The minimum Gasteiger partial charge on any atom is -0.444 e. The second-order valence-corrected chi connectivity index (χ2v) is 3.82. The van der Waals surface area contributed by atoms with E-state index in [0.717, 1.165) is 0 Å². The lowest BCUT2D eigenvalue weighted by Crippen LogP contribution is -2.33. The van der Waals surface area contributed by atoms with Crippen molar-refractivity contribution >= 4 is 6.09 Å². The van der Waals surface area contributed by atoms with Crippen LogP contribution in [-0.4, -0.2) is 24.8 Å². The van der Waals surface area contributed by atoms with Gasteiger partial charge in [-0.05, 0) is 27.2 Å². The minimum atomic E-state index is -0.463. The van der Waals surface area contributed by atoms with Crippen LogP contribution < -0.4 is 10.6 Å². The average molecular weight is 199 g/mol. The monoisotopic (exact) mass is 199 g/mol. The zero-order chi connectivity index (χ0) is 11.0. The van der Waals surface area contributed by atoms with Crippen LogP contribution in [-0.2, 0) is 4.74 Å². The Morgan fingerprint density at radius 2 is 2.07 bits per heavy atom. The van der Waals surface area contributed by atoms with E-state index in [-0.39, 0.29) is 0 Å². The van der Waals surface area contributed by atoms with Crippen molar-refractivity contribution in [1.29, 1.82) is 5.26 Å². The molecule has 0 aliphatic rings. The Balaban J connectivity index is 3.42. The topological polar surface area (TPSA) is 74.2 Å². The van der Waals surface area contributed by atoms with Crippen molar-refractivity contribution in [3.05, 3.63) is 0 Å². The lowest BCUT2D eigenvalue weighted by atomic mass is 10.2. The first-order valence-electron chi connectivity index (χ1n) is 4.54. The van der Waals surface area contributed by atoms with Gasteiger partial charge in [0.2, 0.25) is 0 Å². The summed E-state index contributed by atoms with van der Waals surface area (Å²) in [6.45, 7) is 6.49. The Labute approximate surface area is 84.4 Å². The SMILES string of the molecule is CC(C)(C)OC(=O)NCCCNC#N. The highest BCUT2D eigenvalue weighted by atomic mass is 16.6. The number of carbonyl (C=O) groups excluding carboxylic acids is 1. The first-order chi connectivity index (χ1) is 6.45. The molecular weight excluding hydrogens is 182 g/mol. The summed E-state index contributed by atoms with van der Waals surface area (Å²) in [4.78, 5) is 11.1. The van der Waals surface area contributed by atoms with Gasteiger partial charge >= 0.3 is 6.09 Å². The van der Waals surface area contributed by atoms with Crippen LogP contribution in [0.2, 0.25) is 0 Å². The fourth-order valence-electron chi connectivity index (χ4n) is 0.737. The van der Waals surface area contributed by atoms with Crippen molar-refractivity contribution in [3.8, 4) is 6.19 Å². The molecule has 0 radical (unpaired) electrons. The molecule has 2 N–H and O–H groups in total. The smallest absolute Gasteiger partial charge is 0.407 e. The van der Waals surface area contributed by atoms with Crippen LogP contribution in [0.3, 0.4) is 0 Å². The number of alkyl carbamates (subject to hydrolysis) is 1. The average Bonchev–Trinajstić information content (AvgIpc) is 2.00. The summed E-state index contributed by atoms with van der Waals surface area (Å²) < 4.78 is 5.01. The van der Waals surface area contributed by atoms with Crippen molar-refractivity contribution in [1.82, 2.24) is 10.6 Å². The quantitative estimate of drug-likeness (QED) is 0.402. The van der Waals surface area contributed by atoms with Gasteiger partial charge in [-0.25, -0.2) is 4.79 Å². The summed E-state index contributed by atoms with van der Waals surface area (Å²) >= 11 is 0. The molecule has 0 atom stereocenters. The maximum absolute atomic E-state index is 11.1. The highest BCUT2D eigenvalue weighted by molar-refractivity contribution is 5.67. The molecule has 14 heavy (non-hydrogen) atoms. The molecule has 0 heterocycles. The Hall–Kier alpha value is -1.44. The largest absolute Gasteiger partial charge is 0.444 e. The summed E-state index contributed by atoms with van der Waals surface area (Å²) in [7, 11) is 0. The molecule has 0 aromatic rings. The van der Waals surface area contributed by atoms with Crippen LogP contribution in [0.1, 0.15) is 27.2 Å². The van der Waals surface area contributed by atoms with E-state index < -0.39 is 11.7 Å². The van der Waals surface area contributed by atoms with Crippen LogP contribution >= 0.6 is 0 Å². The number of rotatable bonds is 4. The van der Waals surface area contributed by atoms with E-state index in [2.05, 4.69) is 10.6 Å². The number of nitrogens with zero attached hydrogens (tertiary/aromatic N) is 1. The van der Waals surface area contributed by atoms with Gasteiger partial charge in [-0.2, -0.15) is 5.26 Å². The molecule has 0 aliphatic heterocycles. The number of ether oxygens (including phenoxy) is 1. The first kappa shape index (κ1) is 12.6. The van der Waals surface area contributed by atoms with Gasteiger partial charge in [-0.15, -0.1) is 0 Å². The molecule has 80 valence electrons. The summed E-state index contributed by atoms with van der Waals surface area (Å²) in [6.07, 6.45) is 2.08. The Kier molecular flexibility index (Phi) is 5.46. The molecule has 0 aromatic carbocycles. The lowest BCUT2D eigenvalue weighted by Gasteiger charge is -2.19. The maximum atomic E-state index is 11.1. The standard InChI is InChI=1S/C9H17N3O2/c1-9(2,3)14-8(13)12-6-4-5-11-7-10/h11H,4-6H2,1-3H3,(H,12,13). The Morgan fingerprint density at radius 1 is 1.43 bits per heavy atom. The van der Waals surface area contributed by atoms with E-state index in [0.29, 0.717) is 19.5 Å². The molecule has 0 aromatic heterocycles. The van der Waals surface area contributed by atoms with Crippen molar-refractivity contribution in [2.75, 3.05) is 13.1 Å². The van der Waals surface area contributed by atoms with Crippen molar-refractivity contribution < 1.29 is 9.53 Å². The molecule has 0 aliphatic carbocycles. The van der Waals surface area contributed by atoms with Gasteiger partial charge in [-0.3, -0.25) is 0 Å². The second kappa shape index (κ2) is 6.08. The normalized spacial score (nSPS) is 10.1. The second-order valence-electron chi connectivity index (χ2n) is 3.82. The van der Waals surface area contributed by atoms with Crippen LogP contribution in [0.15, 0.2) is 0 Å². The van der Waals surface area contributed by atoms with Crippen molar-refractivity contribution in [2.24, 2.45) is 0 Å². The fourth-order valence-corrected chi connectivity index (χ4v) is 0.737. The highest BCUT2D eigenvalue weighted by Gasteiger charge is 2.15. The van der Waals surface area contributed by atoms with Crippen molar-refractivity contribution in [2.45, 2.75) is 32.8 Å². The van der Waals surface area contributed by atoms with Gasteiger partial charge in [-0.1, -0.05) is 0 Å². The third-order valence-corrected chi connectivity index (χ3v) is 1.23. The predicted octanol–water partition coefficient (Wildman–Crippen LogP) is 0.972. The number of nitriles is 1. The fraction of sp³-hybridized carbons (Fsp3) is 0.778. The van der Waals surface area contributed by atoms with E-state index in [1.807, 2.05) is 20.8 Å². The summed E-state index contributed by atoms with van der Waals surface area (Å²) in [5.41, 5.74) is -0.463. The minimum absolute atomic E-state index is 0.422. The number of hydrogen-bond acceptors (Lipinski definition) is 4. The van der Waals surface area contributed by atoms with E-state index in [9.17, 15) is 4.79 Å². The van der Waals surface area contributed by atoms with Crippen LogP contribution in [0, 0.1) is 11.5 Å². The summed E-state index contributed by atoms with van der Waals surface area (Å²) in [5, 5.41) is 13.2. The molecule has 0 saturated carbocycles. The lowest BCUT2D eigenvalue weighted by molar-refractivity contribution is 0.0527. The van der Waals surface area contributed by atoms with Gasteiger partial charge in [0.25, 0.3) is 0 Å². The number of amides is 1. The molecule has 0 unspecified atom stereocenters. The zero-order valence-electron chi connectivity index (χ0n) is 8.89. The van der Waals surface area contributed by atoms with E-state index in [1.165, 1.54) is 0 Å². The number of nitrogens with one attached hydrogen (secondary N) is 2. The predicted molar refractivity (Wildman–Crippen MR) is 52.5 cm³/mol. The molecule has 1 amide bonds. The zero-order valence-corrected chi connectivity index (χ0v) is 8.89. The van der Waals surface area contributed by atoms with E-state index >= 15 is 0 Å². The van der Waals surface area contributed by atoms with Gasteiger partial charge in [0.05, 0.1) is 0 Å². The third kappa shape index (κ3) is 8.65. The van der Waals surface area contributed by atoms with Gasteiger partial charge in [0.1, 0.15) is 5.60 Å². The maximum Gasteiger partial charge on any atom is 0.407 e. The van der Waals surface area contributed by atoms with Gasteiger partial charge in [0, 0.05) is 13.1 Å². The van der Waals surface area contributed by atoms with Crippen LogP contribution in [0.25, 0.3) is 0 Å². The molecule has 5 heteroatoms. The Bertz CT molecular complexity index is 215. The summed E-state index contributed by atoms with van der Waals surface area (Å²) in [6, 6.07) is 0.